The van der Waals surface area contributed by atoms with Crippen molar-refractivity contribution in [1.29, 1.82) is 0 Å². The van der Waals surface area contributed by atoms with E-state index < -0.39 is 31.1 Å². The number of benzene rings is 2. The van der Waals surface area contributed by atoms with E-state index in [-0.39, 0.29) is 28.1 Å². The lowest BCUT2D eigenvalue weighted by Crippen LogP contribution is -2.24. The Hall–Kier alpha value is -2.84. The first-order chi connectivity index (χ1) is 16.1. The van der Waals surface area contributed by atoms with E-state index in [1.54, 1.807) is 18.2 Å². The number of ether oxygens (including phenoxy) is 4. The maximum absolute atomic E-state index is 12.1. The first kappa shape index (κ1) is 27.4. The number of carboxylic acids is 2. The first-order valence-corrected chi connectivity index (χ1v) is 11.5. The molecule has 0 bridgehead atoms. The molecule has 3 N–H and O–H groups in total. The lowest BCUT2D eigenvalue weighted by Gasteiger charge is -2.15. The highest BCUT2D eigenvalue weighted by molar-refractivity contribution is 9.11. The average molecular weight is 669 g/mol. The van der Waals surface area contributed by atoms with Crippen molar-refractivity contribution in [2.24, 2.45) is 5.10 Å². The fraction of sp³-hybridized carbons (Fsp3) is 0.200. The molecule has 0 saturated heterocycles. The quantitative estimate of drug-likeness (QED) is 0.228. The molecule has 0 radical (unpaired) electrons. The summed E-state index contributed by atoms with van der Waals surface area (Å²) in [5, 5.41) is 21.6. The first-order valence-electron chi connectivity index (χ1n) is 9.11. The zero-order valence-corrected chi connectivity index (χ0v) is 22.1. The fourth-order valence-electron chi connectivity index (χ4n) is 2.36. The third-order valence-corrected chi connectivity index (χ3v) is 5.52. The van der Waals surface area contributed by atoms with Gasteiger partial charge in [0.2, 0.25) is 0 Å². The van der Waals surface area contributed by atoms with Crippen LogP contribution in [0.3, 0.4) is 0 Å². The Morgan fingerprint density at radius 2 is 1.59 bits per heavy atom. The van der Waals surface area contributed by atoms with Crippen LogP contribution in [0.4, 0.5) is 0 Å². The maximum Gasteiger partial charge on any atom is 0.341 e. The van der Waals surface area contributed by atoms with Crippen molar-refractivity contribution in [3.05, 3.63) is 43.2 Å². The summed E-state index contributed by atoms with van der Waals surface area (Å²) in [4.78, 5) is 33.9. The van der Waals surface area contributed by atoms with Gasteiger partial charge in [0.15, 0.2) is 37.1 Å². The molecule has 0 saturated carbocycles. The van der Waals surface area contributed by atoms with Crippen LogP contribution < -0.4 is 24.4 Å². The number of methoxy groups -OCH3 is 1. The summed E-state index contributed by atoms with van der Waals surface area (Å²) in [6.45, 7) is -1.68. The van der Waals surface area contributed by atoms with Gasteiger partial charge in [0.1, 0.15) is 10.2 Å². The molecule has 0 aliphatic rings. The number of hydrogen-bond donors (Lipinski definition) is 3. The van der Waals surface area contributed by atoms with E-state index >= 15 is 0 Å². The third-order valence-electron chi connectivity index (χ3n) is 3.72. The van der Waals surface area contributed by atoms with E-state index in [1.165, 1.54) is 19.4 Å². The molecule has 0 heterocycles. The summed E-state index contributed by atoms with van der Waals surface area (Å²) in [5.41, 5.74) is 2.54. The minimum Gasteiger partial charge on any atom is -0.493 e. The molecule has 2 aromatic rings. The molecule has 0 aliphatic heterocycles. The van der Waals surface area contributed by atoms with Crippen LogP contribution in [0, 0.1) is 0 Å². The Balaban J connectivity index is 2.14. The van der Waals surface area contributed by atoms with Crippen LogP contribution in [-0.2, 0) is 14.4 Å². The molecule has 182 valence electrons. The molecule has 0 aliphatic carbocycles. The van der Waals surface area contributed by atoms with E-state index in [2.05, 4.69) is 58.3 Å². The number of amides is 1. The van der Waals surface area contributed by atoms with E-state index in [1.807, 2.05) is 0 Å². The van der Waals surface area contributed by atoms with Crippen molar-refractivity contribution in [2.75, 3.05) is 26.9 Å². The molecular weight excluding hydrogens is 652 g/mol. The lowest BCUT2D eigenvalue weighted by molar-refractivity contribution is -0.140. The largest absolute Gasteiger partial charge is 0.493 e. The number of rotatable bonds is 12. The molecule has 14 heteroatoms. The van der Waals surface area contributed by atoms with Gasteiger partial charge in [0.25, 0.3) is 5.91 Å². The second-order valence-corrected chi connectivity index (χ2v) is 8.72. The van der Waals surface area contributed by atoms with Gasteiger partial charge in [-0.1, -0.05) is 15.9 Å². The Kier molecular flexibility index (Phi) is 10.6. The Labute approximate surface area is 218 Å². The van der Waals surface area contributed by atoms with E-state index in [4.69, 9.17) is 29.2 Å². The van der Waals surface area contributed by atoms with Crippen molar-refractivity contribution < 1.29 is 43.5 Å². The van der Waals surface area contributed by atoms with Gasteiger partial charge >= 0.3 is 11.9 Å². The summed E-state index contributed by atoms with van der Waals surface area (Å²) in [7, 11) is 1.47. The molecule has 0 fully saturated rings. The van der Waals surface area contributed by atoms with Crippen LogP contribution in [0.25, 0.3) is 0 Å². The van der Waals surface area contributed by atoms with Gasteiger partial charge in [-0.05, 0) is 56.1 Å². The lowest BCUT2D eigenvalue weighted by atomic mass is 10.2. The summed E-state index contributed by atoms with van der Waals surface area (Å²) in [5.74, 6) is -2.12. The number of carbonyl (C=O) groups excluding carboxylic acids is 1. The van der Waals surface area contributed by atoms with Gasteiger partial charge in [0.05, 0.1) is 17.8 Å². The average Bonchev–Trinajstić information content (AvgIpc) is 2.77. The predicted molar refractivity (Wildman–Crippen MR) is 130 cm³/mol. The van der Waals surface area contributed by atoms with Gasteiger partial charge < -0.3 is 29.2 Å². The van der Waals surface area contributed by atoms with Crippen LogP contribution >= 0.6 is 47.8 Å². The minimum atomic E-state index is -1.24. The second kappa shape index (κ2) is 13.2. The normalized spacial score (nSPS) is 10.6. The monoisotopic (exact) mass is 666 g/mol. The summed E-state index contributed by atoms with van der Waals surface area (Å²) in [6, 6.07) is 6.50. The Morgan fingerprint density at radius 3 is 2.21 bits per heavy atom. The number of carbonyl (C=O) groups is 3. The van der Waals surface area contributed by atoms with Crippen molar-refractivity contribution in [3.63, 3.8) is 0 Å². The van der Waals surface area contributed by atoms with E-state index in [9.17, 15) is 14.4 Å². The highest BCUT2D eigenvalue weighted by Crippen LogP contribution is 2.42. The zero-order valence-electron chi connectivity index (χ0n) is 17.3. The van der Waals surface area contributed by atoms with Gasteiger partial charge in [-0.25, -0.2) is 15.0 Å². The summed E-state index contributed by atoms with van der Waals surface area (Å²) in [6.07, 6.45) is 1.21. The Bertz CT molecular complexity index is 1110. The predicted octanol–water partition coefficient (Wildman–Crippen LogP) is 3.44. The zero-order chi connectivity index (χ0) is 25.3. The molecule has 11 nitrogen and oxygen atoms in total. The topological polar surface area (TPSA) is 153 Å². The highest BCUT2D eigenvalue weighted by atomic mass is 79.9. The number of aliphatic carboxylic acids is 2. The summed E-state index contributed by atoms with van der Waals surface area (Å²) >= 11 is 9.78. The molecule has 0 aromatic heterocycles. The SMILES string of the molecule is COc1cc(Br)ccc1OCC(=O)N/N=C/c1cc(Br)c(OCC(=O)O)c(Br)c1OCC(=O)O. The van der Waals surface area contributed by atoms with E-state index in [0.29, 0.717) is 16.0 Å². The number of nitrogens with one attached hydrogen (secondary N) is 1. The molecule has 1 amide bonds. The van der Waals surface area contributed by atoms with Crippen LogP contribution in [-0.4, -0.2) is 61.2 Å². The van der Waals surface area contributed by atoms with Gasteiger partial charge in [0, 0.05) is 10.0 Å². The summed E-state index contributed by atoms with van der Waals surface area (Å²) < 4.78 is 22.4. The van der Waals surface area contributed by atoms with Crippen molar-refractivity contribution in [1.82, 2.24) is 5.43 Å². The molecule has 0 unspecified atom stereocenters. The van der Waals surface area contributed by atoms with Crippen LogP contribution in [0.5, 0.6) is 23.0 Å². The van der Waals surface area contributed by atoms with Gasteiger partial charge in [-0.15, -0.1) is 0 Å². The van der Waals surface area contributed by atoms with Crippen molar-refractivity contribution >= 4 is 71.9 Å². The standard InChI is InChI=1S/C20H17Br3N2O9/c1-31-14-5-11(21)2-3-13(14)32-7-15(26)25-24-6-10-4-12(22)20(34-9-17(29)30)18(23)19(10)33-8-16(27)28/h2-6H,7-9H2,1H3,(H,25,26)(H,27,28)(H,29,30)/b24-6+. The molecule has 34 heavy (non-hydrogen) atoms. The van der Waals surface area contributed by atoms with Crippen molar-refractivity contribution in [3.8, 4) is 23.0 Å². The smallest absolute Gasteiger partial charge is 0.341 e. The third kappa shape index (κ3) is 8.18. The van der Waals surface area contributed by atoms with Gasteiger partial charge in [-0.3, -0.25) is 4.79 Å². The number of halogens is 3. The molecule has 0 spiro atoms. The highest BCUT2D eigenvalue weighted by Gasteiger charge is 2.19. The van der Waals surface area contributed by atoms with Crippen LogP contribution in [0.1, 0.15) is 5.56 Å². The number of hydrazone groups is 1. The molecule has 2 rings (SSSR count). The Morgan fingerprint density at radius 1 is 0.941 bits per heavy atom. The fourth-order valence-corrected chi connectivity index (χ4v) is 4.19. The molecular formula is C20H17Br3N2O9. The molecule has 2 aromatic carbocycles. The number of nitrogens with zero attached hydrogens (tertiary/aromatic N) is 1. The van der Waals surface area contributed by atoms with E-state index in [0.717, 1.165) is 4.47 Å². The minimum absolute atomic E-state index is 0.0137. The second-order valence-electron chi connectivity index (χ2n) is 6.16. The maximum atomic E-state index is 12.1. The number of carboxylic acid groups (broad SMARTS) is 2. The van der Waals surface area contributed by atoms with Crippen LogP contribution in [0.15, 0.2) is 42.8 Å². The van der Waals surface area contributed by atoms with Gasteiger partial charge in [-0.2, -0.15) is 5.10 Å². The number of hydrogen-bond acceptors (Lipinski definition) is 8. The van der Waals surface area contributed by atoms with Crippen molar-refractivity contribution in [2.45, 2.75) is 0 Å². The molecule has 0 atom stereocenters. The van der Waals surface area contributed by atoms with Crippen LogP contribution in [0.2, 0.25) is 0 Å².